The van der Waals surface area contributed by atoms with Crippen LogP contribution in [0.3, 0.4) is 0 Å². The number of fused-ring (bicyclic) bond motifs is 1. The molecule has 0 amide bonds. The molecule has 0 aliphatic carbocycles. The summed E-state index contributed by atoms with van der Waals surface area (Å²) in [7, 11) is 0. The van der Waals surface area contributed by atoms with Gasteiger partial charge in [-0.1, -0.05) is 35.5 Å². The third kappa shape index (κ3) is 4.24. The summed E-state index contributed by atoms with van der Waals surface area (Å²) in [6.45, 7) is 5.96. The molecule has 6 rings (SSSR count). The van der Waals surface area contributed by atoms with Crippen LogP contribution in [0.2, 0.25) is 0 Å². The van der Waals surface area contributed by atoms with Gasteiger partial charge in [-0.15, -0.1) is 5.10 Å². The smallest absolute Gasteiger partial charge is 0.184 e. The minimum Gasteiger partial charge on any atom is -0.378 e. The normalized spacial score (nSPS) is 17.9. The van der Waals surface area contributed by atoms with E-state index < -0.39 is 0 Å². The summed E-state index contributed by atoms with van der Waals surface area (Å²) in [4.78, 5) is 18.9. The van der Waals surface area contributed by atoms with Crippen molar-refractivity contribution in [3.05, 3.63) is 60.4 Å². The van der Waals surface area contributed by atoms with Crippen molar-refractivity contribution >= 4 is 17.0 Å². The maximum Gasteiger partial charge on any atom is 0.184 e. The average Bonchev–Trinajstić information content (AvgIpc) is 3.34. The molecule has 0 saturated carbocycles. The molecule has 2 saturated heterocycles. The standard InChI is InChI=1S/C25H28N8O/c1-2-5-19(6-3-1)18-31-11-8-21(9-12-31)33-25-22(29-30-33)24(32-13-15-34-16-14-32)27-23(28-25)20-7-4-10-26-17-20/h1-7,10,17,21H,8-9,11-16,18H2. The maximum absolute atomic E-state index is 5.56. The molecule has 0 N–H and O–H groups in total. The highest BCUT2D eigenvalue weighted by Gasteiger charge is 2.27. The SMILES string of the molecule is c1ccc(CN2CCC(n3nnc4c(N5CCOCC5)nc(-c5cccnc5)nc43)CC2)cc1. The zero-order chi connectivity index (χ0) is 22.7. The van der Waals surface area contributed by atoms with Crippen molar-refractivity contribution in [1.29, 1.82) is 0 Å². The lowest BCUT2D eigenvalue weighted by Crippen LogP contribution is -2.37. The fourth-order valence-corrected chi connectivity index (χ4v) is 4.85. The van der Waals surface area contributed by atoms with E-state index in [4.69, 9.17) is 14.7 Å². The zero-order valence-corrected chi connectivity index (χ0v) is 19.1. The van der Waals surface area contributed by atoms with E-state index in [0.29, 0.717) is 19.0 Å². The second kappa shape index (κ2) is 9.44. The molecule has 9 heteroatoms. The van der Waals surface area contributed by atoms with E-state index in [0.717, 1.165) is 68.1 Å². The average molecular weight is 457 g/mol. The van der Waals surface area contributed by atoms with Crippen molar-refractivity contribution in [2.24, 2.45) is 0 Å². The van der Waals surface area contributed by atoms with Crippen molar-refractivity contribution in [3.63, 3.8) is 0 Å². The van der Waals surface area contributed by atoms with Gasteiger partial charge in [0.2, 0.25) is 0 Å². The fraction of sp³-hybridized carbons (Fsp3) is 0.400. The van der Waals surface area contributed by atoms with Crippen molar-refractivity contribution in [1.82, 2.24) is 34.8 Å². The molecule has 9 nitrogen and oxygen atoms in total. The van der Waals surface area contributed by atoms with Crippen molar-refractivity contribution in [3.8, 4) is 11.4 Å². The molecule has 1 aromatic carbocycles. The first-order valence-corrected chi connectivity index (χ1v) is 12.0. The predicted molar refractivity (Wildman–Crippen MR) is 129 cm³/mol. The Bertz CT molecular complexity index is 1230. The first-order valence-electron chi connectivity index (χ1n) is 12.0. The number of ether oxygens (including phenoxy) is 1. The largest absolute Gasteiger partial charge is 0.378 e. The van der Waals surface area contributed by atoms with Crippen LogP contribution in [0.25, 0.3) is 22.6 Å². The summed E-state index contributed by atoms with van der Waals surface area (Å²) in [5.41, 5.74) is 3.82. The summed E-state index contributed by atoms with van der Waals surface area (Å²) in [5, 5.41) is 9.16. The molecule has 0 radical (unpaired) electrons. The van der Waals surface area contributed by atoms with Crippen molar-refractivity contribution < 1.29 is 4.74 Å². The first-order chi connectivity index (χ1) is 16.8. The van der Waals surface area contributed by atoms with Crippen LogP contribution in [0.4, 0.5) is 5.82 Å². The summed E-state index contributed by atoms with van der Waals surface area (Å²) in [5.74, 6) is 1.49. The Labute approximate surface area is 198 Å². The molecule has 0 atom stereocenters. The monoisotopic (exact) mass is 456 g/mol. The zero-order valence-electron chi connectivity index (χ0n) is 19.1. The number of hydrogen-bond acceptors (Lipinski definition) is 8. The third-order valence-corrected chi connectivity index (χ3v) is 6.69. The summed E-state index contributed by atoms with van der Waals surface area (Å²) >= 11 is 0. The number of nitrogens with zero attached hydrogens (tertiary/aromatic N) is 8. The number of rotatable bonds is 5. The fourth-order valence-electron chi connectivity index (χ4n) is 4.85. The molecule has 2 fully saturated rings. The second-order valence-corrected chi connectivity index (χ2v) is 8.91. The lowest BCUT2D eigenvalue weighted by molar-refractivity contribution is 0.122. The van der Waals surface area contributed by atoms with Gasteiger partial charge in [0.25, 0.3) is 0 Å². The molecule has 0 spiro atoms. The van der Waals surface area contributed by atoms with Crippen LogP contribution in [0.15, 0.2) is 54.9 Å². The number of hydrogen-bond donors (Lipinski definition) is 0. The molecule has 5 heterocycles. The van der Waals surface area contributed by atoms with Crippen LogP contribution in [-0.4, -0.2) is 74.2 Å². The van der Waals surface area contributed by atoms with Gasteiger partial charge in [-0.25, -0.2) is 14.6 Å². The van der Waals surface area contributed by atoms with Crippen LogP contribution < -0.4 is 4.90 Å². The Morgan fingerprint density at radius 3 is 2.50 bits per heavy atom. The van der Waals surface area contributed by atoms with Gasteiger partial charge in [0.15, 0.2) is 22.8 Å². The topological polar surface area (TPSA) is 85.1 Å². The van der Waals surface area contributed by atoms with Gasteiger partial charge in [0.1, 0.15) is 0 Å². The van der Waals surface area contributed by atoms with Crippen LogP contribution in [0, 0.1) is 0 Å². The van der Waals surface area contributed by atoms with Gasteiger partial charge in [-0.2, -0.15) is 0 Å². The van der Waals surface area contributed by atoms with Gasteiger partial charge in [-0.05, 0) is 30.5 Å². The summed E-state index contributed by atoms with van der Waals surface area (Å²) in [6, 6.07) is 14.8. The molecule has 2 aliphatic heterocycles. The Balaban J connectivity index is 1.30. The van der Waals surface area contributed by atoms with E-state index in [9.17, 15) is 0 Å². The lowest BCUT2D eigenvalue weighted by Gasteiger charge is -2.32. The second-order valence-electron chi connectivity index (χ2n) is 8.91. The highest BCUT2D eigenvalue weighted by atomic mass is 16.5. The highest BCUT2D eigenvalue weighted by molar-refractivity contribution is 5.85. The summed E-state index contributed by atoms with van der Waals surface area (Å²) < 4.78 is 7.59. The molecular weight excluding hydrogens is 428 g/mol. The molecule has 0 bridgehead atoms. The maximum atomic E-state index is 5.56. The number of pyridine rings is 1. The minimum absolute atomic E-state index is 0.270. The van der Waals surface area contributed by atoms with Crippen LogP contribution in [0.5, 0.6) is 0 Å². The van der Waals surface area contributed by atoms with Gasteiger partial charge < -0.3 is 9.64 Å². The minimum atomic E-state index is 0.270. The molecule has 0 unspecified atom stereocenters. The van der Waals surface area contributed by atoms with Gasteiger partial charge in [-0.3, -0.25) is 9.88 Å². The van der Waals surface area contributed by atoms with Crippen LogP contribution >= 0.6 is 0 Å². The molecule has 3 aromatic heterocycles. The number of benzene rings is 1. The van der Waals surface area contributed by atoms with Gasteiger partial charge in [0.05, 0.1) is 19.3 Å². The highest BCUT2D eigenvalue weighted by Crippen LogP contribution is 2.30. The Kier molecular flexibility index (Phi) is 5.86. The molecular formula is C25H28N8O. The van der Waals surface area contributed by atoms with E-state index in [1.165, 1.54) is 5.56 Å². The van der Waals surface area contributed by atoms with E-state index in [2.05, 4.69) is 55.4 Å². The van der Waals surface area contributed by atoms with Crippen LogP contribution in [0.1, 0.15) is 24.4 Å². The predicted octanol–water partition coefficient (Wildman–Crippen LogP) is 2.96. The first kappa shape index (κ1) is 21.1. The number of piperidine rings is 1. The van der Waals surface area contributed by atoms with Crippen molar-refractivity contribution in [2.75, 3.05) is 44.3 Å². The molecule has 4 aromatic rings. The number of likely N-dealkylation sites (tertiary alicyclic amines) is 1. The van der Waals surface area contributed by atoms with Crippen molar-refractivity contribution in [2.45, 2.75) is 25.4 Å². The van der Waals surface area contributed by atoms with E-state index in [1.54, 1.807) is 12.4 Å². The van der Waals surface area contributed by atoms with E-state index in [1.807, 2.05) is 16.8 Å². The van der Waals surface area contributed by atoms with E-state index >= 15 is 0 Å². The molecule has 174 valence electrons. The molecule has 2 aliphatic rings. The van der Waals surface area contributed by atoms with Gasteiger partial charge >= 0.3 is 0 Å². The Morgan fingerprint density at radius 2 is 1.74 bits per heavy atom. The lowest BCUT2D eigenvalue weighted by atomic mass is 10.0. The van der Waals surface area contributed by atoms with E-state index in [-0.39, 0.29) is 6.04 Å². The molecule has 34 heavy (non-hydrogen) atoms. The quantitative estimate of drug-likeness (QED) is 0.453. The third-order valence-electron chi connectivity index (χ3n) is 6.69. The Morgan fingerprint density at radius 1 is 0.912 bits per heavy atom. The number of morpholine rings is 1. The number of anilines is 1. The van der Waals surface area contributed by atoms with Crippen LogP contribution in [-0.2, 0) is 11.3 Å². The summed E-state index contributed by atoms with van der Waals surface area (Å²) in [6.07, 6.45) is 5.61. The van der Waals surface area contributed by atoms with Gasteiger partial charge in [0, 0.05) is 50.7 Å². The Hall–Kier alpha value is -3.43. The number of aromatic nitrogens is 6.